The monoisotopic (exact) mass is 257 g/mol. The molecule has 2 N–H and O–H groups in total. The molecule has 100 valence electrons. The molecule has 0 amide bonds. The van der Waals surface area contributed by atoms with Gasteiger partial charge in [0.15, 0.2) is 0 Å². The van der Waals surface area contributed by atoms with Crippen molar-refractivity contribution >= 4 is 5.82 Å². The topological polar surface area (TPSA) is 61.0 Å². The van der Waals surface area contributed by atoms with E-state index < -0.39 is 0 Å². The van der Waals surface area contributed by atoms with Gasteiger partial charge in [0.1, 0.15) is 17.4 Å². The van der Waals surface area contributed by atoms with Gasteiger partial charge in [-0.1, -0.05) is 26.0 Å². The Morgan fingerprint density at radius 3 is 2.68 bits per heavy atom. The first kappa shape index (κ1) is 13.3. The predicted molar refractivity (Wildman–Crippen MR) is 76.3 cm³/mol. The van der Waals surface area contributed by atoms with Crippen LogP contribution in [0.25, 0.3) is 0 Å². The second kappa shape index (κ2) is 5.69. The molecule has 1 heterocycles. The molecule has 0 unspecified atom stereocenters. The van der Waals surface area contributed by atoms with Crippen LogP contribution >= 0.6 is 0 Å². The van der Waals surface area contributed by atoms with Gasteiger partial charge < -0.3 is 10.5 Å². The largest absolute Gasteiger partial charge is 0.496 e. The highest BCUT2D eigenvalue weighted by Crippen LogP contribution is 2.27. The highest BCUT2D eigenvalue weighted by atomic mass is 16.5. The highest BCUT2D eigenvalue weighted by molar-refractivity contribution is 5.40. The van der Waals surface area contributed by atoms with Crippen LogP contribution in [0.4, 0.5) is 5.82 Å². The molecule has 0 aliphatic heterocycles. The van der Waals surface area contributed by atoms with Gasteiger partial charge in [0.25, 0.3) is 0 Å². The Kier molecular flexibility index (Phi) is 4.00. The molecular weight excluding hydrogens is 238 g/mol. The summed E-state index contributed by atoms with van der Waals surface area (Å²) < 4.78 is 5.38. The zero-order valence-electron chi connectivity index (χ0n) is 11.6. The molecule has 19 heavy (non-hydrogen) atoms. The van der Waals surface area contributed by atoms with E-state index >= 15 is 0 Å². The van der Waals surface area contributed by atoms with Gasteiger partial charge in [-0.2, -0.15) is 0 Å². The minimum atomic E-state index is 0.414. The lowest BCUT2D eigenvalue weighted by Crippen LogP contribution is -2.01. The number of nitrogens with two attached hydrogens (primary N) is 1. The van der Waals surface area contributed by atoms with Crippen LogP contribution in [0.5, 0.6) is 5.75 Å². The predicted octanol–water partition coefficient (Wildman–Crippen LogP) is 2.78. The molecule has 2 aromatic rings. The van der Waals surface area contributed by atoms with Gasteiger partial charge >= 0.3 is 0 Å². The van der Waals surface area contributed by atoms with Crippen LogP contribution in [0, 0.1) is 0 Å². The Morgan fingerprint density at radius 2 is 2.05 bits per heavy atom. The van der Waals surface area contributed by atoms with E-state index in [1.54, 1.807) is 19.4 Å². The van der Waals surface area contributed by atoms with Gasteiger partial charge in [-0.25, -0.2) is 9.97 Å². The highest BCUT2D eigenvalue weighted by Gasteiger charge is 2.09. The van der Waals surface area contributed by atoms with Gasteiger partial charge in [-0.15, -0.1) is 0 Å². The minimum Gasteiger partial charge on any atom is -0.496 e. The molecule has 1 aromatic carbocycles. The first-order valence-corrected chi connectivity index (χ1v) is 6.34. The van der Waals surface area contributed by atoms with E-state index in [-0.39, 0.29) is 0 Å². The quantitative estimate of drug-likeness (QED) is 0.915. The summed E-state index contributed by atoms with van der Waals surface area (Å²) >= 11 is 0. The lowest BCUT2D eigenvalue weighted by atomic mass is 9.98. The van der Waals surface area contributed by atoms with Crippen molar-refractivity contribution in [3.63, 3.8) is 0 Å². The Balaban J connectivity index is 2.28. The molecule has 0 saturated carbocycles. The van der Waals surface area contributed by atoms with Crippen molar-refractivity contribution in [3.8, 4) is 5.75 Å². The van der Waals surface area contributed by atoms with E-state index in [2.05, 4.69) is 29.9 Å². The summed E-state index contributed by atoms with van der Waals surface area (Å²) in [5.41, 5.74) is 8.03. The van der Waals surface area contributed by atoms with Gasteiger partial charge in [-0.05, 0) is 29.2 Å². The summed E-state index contributed by atoms with van der Waals surface area (Å²) in [4.78, 5) is 8.45. The van der Waals surface area contributed by atoms with Crippen LogP contribution in [-0.2, 0) is 6.42 Å². The summed E-state index contributed by atoms with van der Waals surface area (Å²) in [6.45, 7) is 4.30. The van der Waals surface area contributed by atoms with E-state index in [1.165, 1.54) is 5.56 Å². The third-order valence-corrected chi connectivity index (χ3v) is 3.01. The molecule has 0 atom stereocenters. The van der Waals surface area contributed by atoms with Gasteiger partial charge in [0.05, 0.1) is 7.11 Å². The van der Waals surface area contributed by atoms with Crippen LogP contribution in [0.15, 0.2) is 30.5 Å². The number of methoxy groups -OCH3 is 1. The maximum Gasteiger partial charge on any atom is 0.135 e. The van der Waals surface area contributed by atoms with E-state index in [0.29, 0.717) is 18.2 Å². The van der Waals surface area contributed by atoms with E-state index in [9.17, 15) is 0 Å². The second-order valence-electron chi connectivity index (χ2n) is 4.81. The van der Waals surface area contributed by atoms with Crippen molar-refractivity contribution in [1.82, 2.24) is 9.97 Å². The lowest BCUT2D eigenvalue weighted by molar-refractivity contribution is 0.407. The fourth-order valence-electron chi connectivity index (χ4n) is 2.03. The first-order chi connectivity index (χ1) is 9.10. The van der Waals surface area contributed by atoms with Gasteiger partial charge in [0.2, 0.25) is 0 Å². The molecule has 0 saturated heterocycles. The maximum atomic E-state index is 5.66. The second-order valence-corrected chi connectivity index (χ2v) is 4.81. The molecule has 0 fully saturated rings. The SMILES string of the molecule is COc1ccc(Cc2nccc(N)n2)cc1C(C)C. The number of nitrogens with zero attached hydrogens (tertiary/aromatic N) is 2. The number of ether oxygens (including phenoxy) is 1. The number of hydrogen-bond acceptors (Lipinski definition) is 4. The third kappa shape index (κ3) is 3.22. The Bertz CT molecular complexity index is 567. The zero-order valence-corrected chi connectivity index (χ0v) is 11.6. The molecule has 4 nitrogen and oxygen atoms in total. The lowest BCUT2D eigenvalue weighted by Gasteiger charge is -2.13. The van der Waals surface area contributed by atoms with Gasteiger partial charge in [0, 0.05) is 12.6 Å². The number of anilines is 1. The van der Waals surface area contributed by atoms with Crippen molar-refractivity contribution in [2.75, 3.05) is 12.8 Å². The van der Waals surface area contributed by atoms with Crippen molar-refractivity contribution in [1.29, 1.82) is 0 Å². The smallest absolute Gasteiger partial charge is 0.135 e. The first-order valence-electron chi connectivity index (χ1n) is 6.34. The maximum absolute atomic E-state index is 5.66. The Labute approximate surface area is 113 Å². The standard InChI is InChI=1S/C15H19N3O/c1-10(2)12-8-11(4-5-13(12)19-3)9-15-17-7-6-14(16)18-15/h4-8,10H,9H2,1-3H3,(H2,16,17,18). The summed E-state index contributed by atoms with van der Waals surface area (Å²) in [5.74, 6) is 2.58. The molecule has 1 aromatic heterocycles. The molecular formula is C15H19N3O. The van der Waals surface area contributed by atoms with E-state index in [0.717, 1.165) is 17.1 Å². The average molecular weight is 257 g/mol. The third-order valence-electron chi connectivity index (χ3n) is 3.01. The normalized spacial score (nSPS) is 10.7. The minimum absolute atomic E-state index is 0.414. The molecule has 0 aliphatic carbocycles. The number of benzene rings is 1. The fraction of sp³-hybridized carbons (Fsp3) is 0.333. The Hall–Kier alpha value is -2.10. The van der Waals surface area contributed by atoms with Crippen molar-refractivity contribution in [3.05, 3.63) is 47.4 Å². The van der Waals surface area contributed by atoms with Gasteiger partial charge in [-0.3, -0.25) is 0 Å². The van der Waals surface area contributed by atoms with Crippen LogP contribution in [-0.4, -0.2) is 17.1 Å². The summed E-state index contributed by atoms with van der Waals surface area (Å²) in [7, 11) is 1.70. The molecule has 0 aliphatic rings. The molecule has 0 bridgehead atoms. The molecule has 4 heteroatoms. The number of rotatable bonds is 4. The van der Waals surface area contributed by atoms with Crippen LogP contribution in [0.3, 0.4) is 0 Å². The van der Waals surface area contributed by atoms with Crippen LogP contribution in [0.1, 0.15) is 36.7 Å². The summed E-state index contributed by atoms with van der Waals surface area (Å²) in [5, 5.41) is 0. The number of aromatic nitrogens is 2. The molecule has 0 spiro atoms. The average Bonchev–Trinajstić information content (AvgIpc) is 2.38. The zero-order chi connectivity index (χ0) is 13.8. The fourth-order valence-corrected chi connectivity index (χ4v) is 2.03. The summed E-state index contributed by atoms with van der Waals surface area (Å²) in [6, 6.07) is 7.88. The van der Waals surface area contributed by atoms with Crippen LogP contribution in [0.2, 0.25) is 0 Å². The van der Waals surface area contributed by atoms with Crippen molar-refractivity contribution in [2.24, 2.45) is 0 Å². The molecule has 2 rings (SSSR count). The van der Waals surface area contributed by atoms with Crippen LogP contribution < -0.4 is 10.5 Å². The Morgan fingerprint density at radius 1 is 1.26 bits per heavy atom. The van der Waals surface area contributed by atoms with E-state index in [1.807, 2.05) is 12.1 Å². The van der Waals surface area contributed by atoms with E-state index in [4.69, 9.17) is 10.5 Å². The summed E-state index contributed by atoms with van der Waals surface area (Å²) in [6.07, 6.45) is 2.36. The molecule has 0 radical (unpaired) electrons. The number of hydrogen-bond donors (Lipinski definition) is 1. The number of nitrogen functional groups attached to an aromatic ring is 1. The van der Waals surface area contributed by atoms with Crippen molar-refractivity contribution < 1.29 is 4.74 Å². The van der Waals surface area contributed by atoms with Crippen molar-refractivity contribution in [2.45, 2.75) is 26.2 Å².